The lowest BCUT2D eigenvalue weighted by Gasteiger charge is -2.37. The van der Waals surface area contributed by atoms with Crippen molar-refractivity contribution >= 4 is 23.0 Å². The topological polar surface area (TPSA) is 73.9 Å². The highest BCUT2D eigenvalue weighted by molar-refractivity contribution is 6.30. The molecule has 7 nitrogen and oxygen atoms in total. The van der Waals surface area contributed by atoms with E-state index in [4.69, 9.17) is 11.6 Å². The number of aromatic nitrogens is 2. The Balaban J connectivity index is 1.26. The number of hydrogen-bond acceptors (Lipinski definition) is 5. The van der Waals surface area contributed by atoms with Crippen LogP contribution in [0.4, 0.5) is 11.4 Å². The summed E-state index contributed by atoms with van der Waals surface area (Å²) in [5.74, 6) is 0.277. The lowest BCUT2D eigenvalue weighted by Crippen LogP contribution is -2.46. The third-order valence-corrected chi connectivity index (χ3v) is 7.15. The van der Waals surface area contributed by atoms with Gasteiger partial charge < -0.3 is 20.0 Å². The zero-order valence-corrected chi connectivity index (χ0v) is 20.8. The minimum absolute atomic E-state index is 0.203. The quantitative estimate of drug-likeness (QED) is 0.401. The van der Waals surface area contributed by atoms with Gasteiger partial charge in [0.05, 0.1) is 17.8 Å². The number of anilines is 2. The number of halogens is 1. The molecule has 3 aromatic carbocycles. The monoisotopic (exact) mass is 504 g/mol. The van der Waals surface area contributed by atoms with Crippen LogP contribution in [0.2, 0.25) is 5.02 Å². The minimum Gasteiger partial charge on any atom is -0.508 e. The summed E-state index contributed by atoms with van der Waals surface area (Å²) < 4.78 is 3.15. The molecule has 0 bridgehead atoms. The smallest absolute Gasteiger partial charge is 0.333 e. The van der Waals surface area contributed by atoms with Crippen molar-refractivity contribution in [1.82, 2.24) is 9.13 Å². The molecule has 1 saturated heterocycles. The molecule has 186 valence electrons. The Kier molecular flexibility index (Phi) is 6.76. The summed E-state index contributed by atoms with van der Waals surface area (Å²) >= 11 is 5.95. The van der Waals surface area contributed by atoms with Gasteiger partial charge in [0.25, 0.3) is 0 Å². The van der Waals surface area contributed by atoms with Gasteiger partial charge in [-0.05, 0) is 73.2 Å². The normalized spacial score (nSPS) is 15.6. The van der Waals surface area contributed by atoms with E-state index in [1.807, 2.05) is 43.3 Å². The van der Waals surface area contributed by atoms with E-state index in [1.54, 1.807) is 57.9 Å². The highest BCUT2D eigenvalue weighted by Gasteiger charge is 2.21. The SMILES string of the molecule is CC(C(O)c1ccc(Cl)cc1)n1ccn(-c2ccc(N3CCN(c4ccc(O)cc4)CC3)cc2)c1=O. The Morgan fingerprint density at radius 3 is 1.81 bits per heavy atom. The maximum Gasteiger partial charge on any atom is 0.333 e. The highest BCUT2D eigenvalue weighted by Crippen LogP contribution is 2.27. The van der Waals surface area contributed by atoms with Crippen molar-refractivity contribution < 1.29 is 10.2 Å². The van der Waals surface area contributed by atoms with Crippen LogP contribution in [0.15, 0.2) is 90.0 Å². The molecule has 0 radical (unpaired) electrons. The zero-order chi connectivity index (χ0) is 25.2. The first-order valence-electron chi connectivity index (χ1n) is 12.0. The van der Waals surface area contributed by atoms with E-state index in [0.29, 0.717) is 10.6 Å². The first kappa shape index (κ1) is 24.0. The number of hydrogen-bond donors (Lipinski definition) is 2. The second-order valence-corrected chi connectivity index (χ2v) is 9.54. The van der Waals surface area contributed by atoms with E-state index in [-0.39, 0.29) is 11.4 Å². The number of phenols is 1. The van der Waals surface area contributed by atoms with Crippen LogP contribution < -0.4 is 15.5 Å². The summed E-state index contributed by atoms with van der Waals surface area (Å²) in [7, 11) is 0. The first-order chi connectivity index (χ1) is 17.4. The second kappa shape index (κ2) is 10.1. The Hall–Kier alpha value is -3.68. The molecule has 0 spiro atoms. The summed E-state index contributed by atoms with van der Waals surface area (Å²) in [6, 6.07) is 21.9. The van der Waals surface area contributed by atoms with Crippen LogP contribution in [-0.2, 0) is 0 Å². The number of nitrogens with zero attached hydrogens (tertiary/aromatic N) is 4. The van der Waals surface area contributed by atoms with Crippen molar-refractivity contribution in [2.45, 2.75) is 19.1 Å². The Labute approximate surface area is 215 Å². The molecule has 1 aromatic heterocycles. The summed E-state index contributed by atoms with van der Waals surface area (Å²) in [4.78, 5) is 17.8. The maximum absolute atomic E-state index is 13.1. The highest BCUT2D eigenvalue weighted by atomic mass is 35.5. The van der Waals surface area contributed by atoms with E-state index < -0.39 is 12.1 Å². The lowest BCUT2D eigenvalue weighted by molar-refractivity contribution is 0.120. The van der Waals surface area contributed by atoms with Crippen molar-refractivity contribution in [1.29, 1.82) is 0 Å². The lowest BCUT2D eigenvalue weighted by atomic mass is 10.0. The molecule has 1 aliphatic rings. The molecule has 1 fully saturated rings. The minimum atomic E-state index is -0.835. The fourth-order valence-corrected chi connectivity index (χ4v) is 4.82. The number of piperazine rings is 1. The predicted molar refractivity (Wildman–Crippen MR) is 144 cm³/mol. The van der Waals surface area contributed by atoms with Crippen LogP contribution in [0.25, 0.3) is 5.69 Å². The van der Waals surface area contributed by atoms with E-state index in [1.165, 1.54) is 0 Å². The molecule has 2 N–H and O–H groups in total. The average molecular weight is 505 g/mol. The van der Waals surface area contributed by atoms with E-state index in [0.717, 1.165) is 43.2 Å². The fourth-order valence-electron chi connectivity index (χ4n) is 4.70. The molecule has 2 unspecified atom stereocenters. The largest absolute Gasteiger partial charge is 0.508 e. The molecular formula is C28H29ClN4O3. The number of benzene rings is 3. The summed E-state index contributed by atoms with van der Waals surface area (Å²) in [6.45, 7) is 5.38. The van der Waals surface area contributed by atoms with Gasteiger partial charge in [-0.3, -0.25) is 9.13 Å². The molecule has 1 aliphatic heterocycles. The average Bonchev–Trinajstić information content (AvgIpc) is 3.30. The number of aliphatic hydroxyl groups is 1. The van der Waals surface area contributed by atoms with Gasteiger partial charge in [0.15, 0.2) is 0 Å². The van der Waals surface area contributed by atoms with Crippen LogP contribution in [0.3, 0.4) is 0 Å². The van der Waals surface area contributed by atoms with Gasteiger partial charge in [0.1, 0.15) is 5.75 Å². The number of rotatable bonds is 6. The number of phenolic OH excluding ortho intramolecular Hbond substituents is 1. The fraction of sp³-hybridized carbons (Fsp3) is 0.250. The Morgan fingerprint density at radius 1 is 0.750 bits per heavy atom. The second-order valence-electron chi connectivity index (χ2n) is 9.10. The summed E-state index contributed by atoms with van der Waals surface area (Å²) in [5, 5.41) is 20.9. The molecule has 0 saturated carbocycles. The first-order valence-corrected chi connectivity index (χ1v) is 12.4. The van der Waals surface area contributed by atoms with Crippen LogP contribution in [0.1, 0.15) is 24.6 Å². The van der Waals surface area contributed by atoms with Gasteiger partial charge in [0, 0.05) is 55.0 Å². The van der Waals surface area contributed by atoms with Gasteiger partial charge in [-0.15, -0.1) is 0 Å². The Bertz CT molecular complexity index is 1360. The molecule has 5 rings (SSSR count). The van der Waals surface area contributed by atoms with Gasteiger partial charge in [-0.2, -0.15) is 0 Å². The molecule has 0 aliphatic carbocycles. The number of aliphatic hydroxyl groups excluding tert-OH is 1. The zero-order valence-electron chi connectivity index (χ0n) is 20.0. The maximum atomic E-state index is 13.1. The Morgan fingerprint density at radius 2 is 1.25 bits per heavy atom. The van der Waals surface area contributed by atoms with Crippen molar-refractivity contribution in [3.8, 4) is 11.4 Å². The van der Waals surface area contributed by atoms with Crippen LogP contribution >= 0.6 is 11.6 Å². The van der Waals surface area contributed by atoms with Gasteiger partial charge in [-0.1, -0.05) is 23.7 Å². The molecule has 8 heteroatoms. The molecule has 0 amide bonds. The molecule has 36 heavy (non-hydrogen) atoms. The predicted octanol–water partition coefficient (Wildman–Crippen LogP) is 4.62. The summed E-state index contributed by atoms with van der Waals surface area (Å²) in [5.41, 5.74) is 3.51. The molecular weight excluding hydrogens is 476 g/mol. The van der Waals surface area contributed by atoms with Crippen molar-refractivity contribution in [3.63, 3.8) is 0 Å². The van der Waals surface area contributed by atoms with E-state index >= 15 is 0 Å². The van der Waals surface area contributed by atoms with E-state index in [9.17, 15) is 15.0 Å². The number of imidazole rings is 1. The summed E-state index contributed by atoms with van der Waals surface area (Å²) in [6.07, 6.45) is 2.61. The third-order valence-electron chi connectivity index (χ3n) is 6.90. The van der Waals surface area contributed by atoms with Crippen molar-refractivity contribution in [3.05, 3.63) is 106 Å². The van der Waals surface area contributed by atoms with E-state index in [2.05, 4.69) is 9.80 Å². The van der Waals surface area contributed by atoms with Gasteiger partial charge in [0.2, 0.25) is 0 Å². The standard InChI is InChI=1S/C28H29ClN4O3/c1-20(27(35)21-2-4-22(29)5-3-21)32-18-19-33(28(32)36)25-8-6-23(7-9-25)30-14-16-31(17-15-30)24-10-12-26(34)13-11-24/h2-13,18-20,27,34-35H,14-17H2,1H3. The van der Waals surface area contributed by atoms with Gasteiger partial charge in [-0.25, -0.2) is 4.79 Å². The van der Waals surface area contributed by atoms with Crippen LogP contribution in [-0.4, -0.2) is 45.5 Å². The van der Waals surface area contributed by atoms with Crippen LogP contribution in [0.5, 0.6) is 5.75 Å². The van der Waals surface area contributed by atoms with Crippen LogP contribution in [0, 0.1) is 0 Å². The van der Waals surface area contributed by atoms with Crippen molar-refractivity contribution in [2.75, 3.05) is 36.0 Å². The molecule has 2 atom stereocenters. The molecule has 4 aromatic rings. The van der Waals surface area contributed by atoms with Gasteiger partial charge >= 0.3 is 5.69 Å². The molecule has 2 heterocycles. The number of aromatic hydroxyl groups is 1. The van der Waals surface area contributed by atoms with Crippen molar-refractivity contribution in [2.24, 2.45) is 0 Å². The third kappa shape index (κ3) is 4.85.